The van der Waals surface area contributed by atoms with Gasteiger partial charge >= 0.3 is 5.97 Å². The van der Waals surface area contributed by atoms with Crippen molar-refractivity contribution in [1.82, 2.24) is 0 Å². The fourth-order valence-electron chi connectivity index (χ4n) is 3.06. The molecule has 0 aliphatic heterocycles. The van der Waals surface area contributed by atoms with Crippen molar-refractivity contribution in [3.05, 3.63) is 90.0 Å². The van der Waals surface area contributed by atoms with Gasteiger partial charge < -0.3 is 15.7 Å². The molecule has 0 aliphatic carbocycles. The maximum atomic E-state index is 13.2. The standard InChI is InChI=1S/C25H24N2O4S/c1-17-7-5-10-19(15-17)27-25(31)24(18-8-3-2-4-9-18)32-21-12-6-11-20(16-21)26-22(28)13-14-23(29)30/h2-12,15-16,24H,13-14H2,1H3,(H,26,28)(H,27,31)(H,29,30). The SMILES string of the molecule is Cc1cccc(NC(=O)C(Sc2cccc(NC(=O)CCC(=O)O)c2)c2ccccc2)c1. The monoisotopic (exact) mass is 448 g/mol. The molecule has 3 rings (SSSR count). The van der Waals surface area contributed by atoms with E-state index in [1.807, 2.05) is 67.6 Å². The van der Waals surface area contributed by atoms with E-state index in [4.69, 9.17) is 5.11 Å². The Bertz CT molecular complexity index is 1100. The Morgan fingerprint density at radius 1 is 0.844 bits per heavy atom. The number of hydrogen-bond donors (Lipinski definition) is 3. The molecule has 0 spiro atoms. The molecule has 1 atom stereocenters. The van der Waals surface area contributed by atoms with Crippen LogP contribution in [0.15, 0.2) is 83.8 Å². The highest BCUT2D eigenvalue weighted by Gasteiger charge is 2.22. The minimum absolute atomic E-state index is 0.0990. The van der Waals surface area contributed by atoms with Crippen LogP contribution >= 0.6 is 11.8 Å². The van der Waals surface area contributed by atoms with Crippen molar-refractivity contribution in [2.75, 3.05) is 10.6 Å². The number of carbonyl (C=O) groups excluding carboxylic acids is 2. The van der Waals surface area contributed by atoms with E-state index in [1.54, 1.807) is 18.2 Å². The molecule has 6 nitrogen and oxygen atoms in total. The van der Waals surface area contributed by atoms with Gasteiger partial charge in [-0.2, -0.15) is 0 Å². The second-order valence-corrected chi connectivity index (χ2v) is 8.42. The number of rotatable bonds is 9. The Labute approximate surface area is 191 Å². The third-order valence-electron chi connectivity index (χ3n) is 4.56. The lowest BCUT2D eigenvalue weighted by atomic mass is 10.1. The molecule has 0 bridgehead atoms. The molecule has 164 valence electrons. The van der Waals surface area contributed by atoms with Gasteiger partial charge in [-0.05, 0) is 48.4 Å². The van der Waals surface area contributed by atoms with E-state index in [0.717, 1.165) is 21.7 Å². The van der Waals surface area contributed by atoms with Crippen LogP contribution in [0.25, 0.3) is 0 Å². The molecule has 1 unspecified atom stereocenters. The van der Waals surface area contributed by atoms with E-state index in [1.165, 1.54) is 11.8 Å². The maximum Gasteiger partial charge on any atom is 0.303 e. The van der Waals surface area contributed by atoms with Gasteiger partial charge in [-0.1, -0.05) is 48.5 Å². The third kappa shape index (κ3) is 6.99. The average Bonchev–Trinajstić information content (AvgIpc) is 2.77. The van der Waals surface area contributed by atoms with Crippen molar-refractivity contribution in [2.45, 2.75) is 29.9 Å². The van der Waals surface area contributed by atoms with Crippen molar-refractivity contribution >= 4 is 40.9 Å². The van der Waals surface area contributed by atoms with Gasteiger partial charge in [-0.15, -0.1) is 11.8 Å². The fraction of sp³-hybridized carbons (Fsp3) is 0.160. The number of carbonyl (C=O) groups is 3. The zero-order chi connectivity index (χ0) is 22.9. The highest BCUT2D eigenvalue weighted by Crippen LogP contribution is 2.37. The van der Waals surface area contributed by atoms with Crippen molar-refractivity contribution < 1.29 is 19.5 Å². The Morgan fingerprint density at radius 2 is 1.53 bits per heavy atom. The van der Waals surface area contributed by atoms with Crippen molar-refractivity contribution in [3.8, 4) is 0 Å². The predicted molar refractivity (Wildman–Crippen MR) is 127 cm³/mol. The van der Waals surface area contributed by atoms with Crippen molar-refractivity contribution in [3.63, 3.8) is 0 Å². The molecular formula is C25H24N2O4S. The van der Waals surface area contributed by atoms with Crippen molar-refractivity contribution in [1.29, 1.82) is 0 Å². The molecule has 3 N–H and O–H groups in total. The summed E-state index contributed by atoms with van der Waals surface area (Å²) in [6.07, 6.45) is -0.326. The summed E-state index contributed by atoms with van der Waals surface area (Å²) in [5, 5.41) is 13.9. The number of nitrogens with one attached hydrogen (secondary N) is 2. The number of carboxylic acid groups (broad SMARTS) is 1. The van der Waals surface area contributed by atoms with Gasteiger partial charge in [0.15, 0.2) is 0 Å². The molecule has 2 amide bonds. The second kappa shape index (κ2) is 11.2. The summed E-state index contributed by atoms with van der Waals surface area (Å²) in [5.41, 5.74) is 3.20. The maximum absolute atomic E-state index is 13.2. The van der Waals surface area contributed by atoms with Gasteiger partial charge in [0, 0.05) is 22.7 Å². The molecule has 7 heteroatoms. The number of aryl methyl sites for hydroxylation is 1. The van der Waals surface area contributed by atoms with Crippen molar-refractivity contribution in [2.24, 2.45) is 0 Å². The average molecular weight is 449 g/mol. The zero-order valence-corrected chi connectivity index (χ0v) is 18.4. The lowest BCUT2D eigenvalue weighted by Crippen LogP contribution is -2.19. The van der Waals surface area contributed by atoms with Crippen LogP contribution in [0.5, 0.6) is 0 Å². The summed E-state index contributed by atoms with van der Waals surface area (Å²) in [4.78, 5) is 36.6. The summed E-state index contributed by atoms with van der Waals surface area (Å²) in [7, 11) is 0. The van der Waals surface area contributed by atoms with Gasteiger partial charge in [0.05, 0.1) is 6.42 Å². The number of thioether (sulfide) groups is 1. The van der Waals surface area contributed by atoms with Gasteiger partial charge in [0.25, 0.3) is 0 Å². The second-order valence-electron chi connectivity index (χ2n) is 7.24. The van der Waals surface area contributed by atoms with E-state index in [9.17, 15) is 14.4 Å². The Kier molecular flexibility index (Phi) is 8.05. The summed E-state index contributed by atoms with van der Waals surface area (Å²) >= 11 is 1.38. The number of aliphatic carboxylic acids is 1. The van der Waals surface area contributed by atoms with E-state index in [0.29, 0.717) is 5.69 Å². The van der Waals surface area contributed by atoms with Crippen LogP contribution in [0.2, 0.25) is 0 Å². The van der Waals surface area contributed by atoms with Gasteiger partial charge in [-0.25, -0.2) is 0 Å². The normalized spacial score (nSPS) is 11.4. The predicted octanol–water partition coefficient (Wildman–Crippen LogP) is 5.27. The summed E-state index contributed by atoms with van der Waals surface area (Å²) < 4.78 is 0. The van der Waals surface area contributed by atoms with Gasteiger partial charge in [-0.3, -0.25) is 14.4 Å². The number of benzene rings is 3. The van der Waals surface area contributed by atoms with E-state index in [2.05, 4.69) is 10.6 Å². The molecule has 0 aromatic heterocycles. The largest absolute Gasteiger partial charge is 0.481 e. The first-order valence-electron chi connectivity index (χ1n) is 10.1. The molecular weight excluding hydrogens is 424 g/mol. The van der Waals surface area contributed by atoms with Gasteiger partial charge in [0.2, 0.25) is 11.8 Å². The molecule has 0 radical (unpaired) electrons. The van der Waals surface area contributed by atoms with Crippen LogP contribution in [0.1, 0.15) is 29.2 Å². The molecule has 0 saturated carbocycles. The van der Waals surface area contributed by atoms with E-state index in [-0.39, 0.29) is 24.7 Å². The Balaban J connectivity index is 1.77. The lowest BCUT2D eigenvalue weighted by Gasteiger charge is -2.18. The fourth-order valence-corrected chi connectivity index (χ4v) is 4.14. The first-order valence-corrected chi connectivity index (χ1v) is 11.0. The number of anilines is 2. The van der Waals surface area contributed by atoms with Crippen LogP contribution in [0.4, 0.5) is 11.4 Å². The van der Waals surface area contributed by atoms with Crippen LogP contribution < -0.4 is 10.6 Å². The van der Waals surface area contributed by atoms with Crippen LogP contribution in [-0.2, 0) is 14.4 Å². The van der Waals surface area contributed by atoms with E-state index >= 15 is 0 Å². The lowest BCUT2D eigenvalue weighted by molar-refractivity contribution is -0.138. The van der Waals surface area contributed by atoms with Crippen LogP contribution in [0.3, 0.4) is 0 Å². The summed E-state index contributed by atoms with van der Waals surface area (Å²) in [6.45, 7) is 1.97. The van der Waals surface area contributed by atoms with Crippen LogP contribution in [0, 0.1) is 6.92 Å². The topological polar surface area (TPSA) is 95.5 Å². The number of carboxylic acids is 1. The minimum Gasteiger partial charge on any atom is -0.481 e. The summed E-state index contributed by atoms with van der Waals surface area (Å²) in [6, 6.07) is 24.3. The molecule has 0 heterocycles. The zero-order valence-electron chi connectivity index (χ0n) is 17.6. The highest BCUT2D eigenvalue weighted by molar-refractivity contribution is 8.00. The van der Waals surface area contributed by atoms with E-state index < -0.39 is 11.2 Å². The Hall–Kier alpha value is -3.58. The molecule has 0 saturated heterocycles. The Morgan fingerprint density at radius 3 is 2.22 bits per heavy atom. The highest BCUT2D eigenvalue weighted by atomic mass is 32.2. The summed E-state index contributed by atoms with van der Waals surface area (Å²) in [5.74, 6) is -1.54. The molecule has 3 aromatic carbocycles. The number of amides is 2. The molecule has 0 fully saturated rings. The van der Waals surface area contributed by atoms with Crippen LogP contribution in [-0.4, -0.2) is 22.9 Å². The molecule has 0 aliphatic rings. The number of hydrogen-bond acceptors (Lipinski definition) is 4. The smallest absolute Gasteiger partial charge is 0.303 e. The molecule has 32 heavy (non-hydrogen) atoms. The first kappa shape index (κ1) is 23.1. The molecule has 3 aromatic rings. The third-order valence-corrected chi connectivity index (χ3v) is 5.81. The first-order chi connectivity index (χ1) is 15.4. The minimum atomic E-state index is -1.02. The van der Waals surface area contributed by atoms with Gasteiger partial charge in [0.1, 0.15) is 5.25 Å². The quantitative estimate of drug-likeness (QED) is 0.388.